The number of carbonyl (C=O) groups excluding carboxylic acids is 1. The van der Waals surface area contributed by atoms with Gasteiger partial charge < -0.3 is 25.4 Å². The van der Waals surface area contributed by atoms with Gasteiger partial charge in [-0.3, -0.25) is 0 Å². The zero-order chi connectivity index (χ0) is 17.2. The van der Waals surface area contributed by atoms with Gasteiger partial charge >= 0.3 is 6.03 Å². The predicted molar refractivity (Wildman–Crippen MR) is 95.5 cm³/mol. The molecule has 1 aromatic rings. The summed E-state index contributed by atoms with van der Waals surface area (Å²) in [6.07, 6.45) is 3.62. The number of nitrogens with one attached hydrogen (secondary N) is 2. The Morgan fingerprint density at radius 3 is 2.67 bits per heavy atom. The van der Waals surface area contributed by atoms with E-state index in [1.54, 1.807) is 0 Å². The molecule has 3 N–H and O–H groups in total. The highest BCUT2D eigenvalue weighted by Gasteiger charge is 2.16. The number of ether oxygens (including phenoxy) is 1. The van der Waals surface area contributed by atoms with Gasteiger partial charge in [0.05, 0.1) is 12.7 Å². The Kier molecular flexibility index (Phi) is 7.85. The molecule has 2 amide bonds. The average molecular weight is 335 g/mol. The van der Waals surface area contributed by atoms with Crippen LogP contribution in [0.25, 0.3) is 0 Å². The molecule has 2 rings (SSSR count). The number of carbonyl (C=O) groups is 1. The highest BCUT2D eigenvalue weighted by atomic mass is 16.5. The van der Waals surface area contributed by atoms with Crippen LogP contribution in [-0.2, 0) is 0 Å². The normalized spacial score (nSPS) is 15.9. The van der Waals surface area contributed by atoms with Crippen LogP contribution >= 0.6 is 0 Å². The van der Waals surface area contributed by atoms with Crippen molar-refractivity contribution in [1.29, 1.82) is 0 Å². The predicted octanol–water partition coefficient (Wildman–Crippen LogP) is 2.44. The van der Waals surface area contributed by atoms with Gasteiger partial charge in [-0.2, -0.15) is 0 Å². The largest absolute Gasteiger partial charge is 0.494 e. The van der Waals surface area contributed by atoms with E-state index in [0.29, 0.717) is 6.54 Å². The quantitative estimate of drug-likeness (QED) is 0.638. The van der Waals surface area contributed by atoms with Gasteiger partial charge in [-0.15, -0.1) is 0 Å². The van der Waals surface area contributed by atoms with Crippen LogP contribution in [0.1, 0.15) is 32.6 Å². The Hall–Kier alpha value is -1.79. The molecule has 1 aliphatic rings. The summed E-state index contributed by atoms with van der Waals surface area (Å²) in [6.45, 7) is 6.04. The molecule has 0 bridgehead atoms. The molecule has 0 aromatic heterocycles. The monoisotopic (exact) mass is 335 g/mol. The summed E-state index contributed by atoms with van der Waals surface area (Å²) in [5.74, 6) is 0.821. The number of hydrogen-bond acceptors (Lipinski definition) is 4. The van der Waals surface area contributed by atoms with Gasteiger partial charge in [-0.1, -0.05) is 13.3 Å². The molecule has 1 aliphatic heterocycles. The minimum atomic E-state index is -0.202. The number of rotatable bonds is 8. The first-order valence-electron chi connectivity index (χ1n) is 8.85. The summed E-state index contributed by atoms with van der Waals surface area (Å²) in [4.78, 5) is 14.1. The first kappa shape index (κ1) is 18.5. The van der Waals surface area contributed by atoms with Crippen LogP contribution in [-0.4, -0.2) is 54.9 Å². The molecule has 0 saturated carbocycles. The molecule has 6 nitrogen and oxygen atoms in total. The first-order chi connectivity index (χ1) is 11.7. The van der Waals surface area contributed by atoms with Gasteiger partial charge in [0.2, 0.25) is 0 Å². The van der Waals surface area contributed by atoms with E-state index in [4.69, 9.17) is 4.74 Å². The molecule has 24 heavy (non-hydrogen) atoms. The Labute approximate surface area is 144 Å². The molecule has 6 heteroatoms. The van der Waals surface area contributed by atoms with Crippen LogP contribution in [0.15, 0.2) is 24.3 Å². The molecule has 0 unspecified atom stereocenters. The highest BCUT2D eigenvalue weighted by Crippen LogP contribution is 2.16. The van der Waals surface area contributed by atoms with Gasteiger partial charge in [0, 0.05) is 31.9 Å². The smallest absolute Gasteiger partial charge is 0.319 e. The zero-order valence-electron chi connectivity index (χ0n) is 14.5. The number of hydrogen-bond donors (Lipinski definition) is 3. The van der Waals surface area contributed by atoms with Gasteiger partial charge in [0.1, 0.15) is 5.75 Å². The molecule has 0 aliphatic carbocycles. The molecule has 134 valence electrons. The maximum absolute atomic E-state index is 11.9. The number of urea groups is 1. The number of benzene rings is 1. The van der Waals surface area contributed by atoms with Gasteiger partial charge in [0.15, 0.2) is 0 Å². The number of aliphatic hydroxyl groups excluding tert-OH is 1. The molecule has 1 aromatic carbocycles. The van der Waals surface area contributed by atoms with Gasteiger partial charge in [-0.25, -0.2) is 4.79 Å². The minimum Gasteiger partial charge on any atom is -0.494 e. The lowest BCUT2D eigenvalue weighted by atomic mass is 10.1. The lowest BCUT2D eigenvalue weighted by Crippen LogP contribution is -2.41. The van der Waals surface area contributed by atoms with Crippen molar-refractivity contribution in [2.75, 3.05) is 38.1 Å². The zero-order valence-corrected chi connectivity index (χ0v) is 14.5. The fourth-order valence-electron chi connectivity index (χ4n) is 2.61. The molecule has 1 saturated heterocycles. The number of amides is 2. The van der Waals surface area contributed by atoms with Crippen molar-refractivity contribution in [2.45, 2.75) is 38.7 Å². The molecule has 1 heterocycles. The first-order valence-corrected chi connectivity index (χ1v) is 8.85. The Balaban J connectivity index is 1.63. The number of piperidine rings is 1. The number of nitrogens with zero attached hydrogens (tertiary/aromatic N) is 1. The number of anilines is 1. The van der Waals surface area contributed by atoms with E-state index < -0.39 is 0 Å². The third-order valence-electron chi connectivity index (χ3n) is 4.15. The average Bonchev–Trinajstić information content (AvgIpc) is 2.58. The van der Waals surface area contributed by atoms with Crippen LogP contribution in [0.5, 0.6) is 5.75 Å². The highest BCUT2D eigenvalue weighted by molar-refractivity contribution is 5.89. The third kappa shape index (κ3) is 6.76. The topological polar surface area (TPSA) is 73.8 Å². The second kappa shape index (κ2) is 10.2. The number of likely N-dealkylation sites (tertiary alicyclic amines) is 1. The Morgan fingerprint density at radius 2 is 2.00 bits per heavy atom. The molecular weight excluding hydrogens is 306 g/mol. The van der Waals surface area contributed by atoms with Crippen molar-refractivity contribution in [3.05, 3.63) is 24.3 Å². The van der Waals surface area contributed by atoms with Crippen LogP contribution in [0, 0.1) is 0 Å². The van der Waals surface area contributed by atoms with Crippen LogP contribution in [0.3, 0.4) is 0 Å². The lowest BCUT2D eigenvalue weighted by molar-refractivity contribution is 0.0833. The summed E-state index contributed by atoms with van der Waals surface area (Å²) in [6, 6.07) is 7.21. The SMILES string of the molecule is CCCCOc1ccc(NC(=O)NCCN2CCC(O)CC2)cc1. The fourth-order valence-corrected chi connectivity index (χ4v) is 2.61. The van der Waals surface area contributed by atoms with Crippen molar-refractivity contribution >= 4 is 11.7 Å². The van der Waals surface area contributed by atoms with Gasteiger partial charge in [0.25, 0.3) is 0 Å². The van der Waals surface area contributed by atoms with Crippen molar-refractivity contribution in [3.63, 3.8) is 0 Å². The fraction of sp³-hybridized carbons (Fsp3) is 0.611. The molecule has 0 atom stereocenters. The standard InChI is InChI=1S/C18H29N3O3/c1-2-3-14-24-17-6-4-15(5-7-17)20-18(23)19-10-13-21-11-8-16(22)9-12-21/h4-7,16,22H,2-3,8-14H2,1H3,(H2,19,20,23). The van der Waals surface area contributed by atoms with Crippen LogP contribution < -0.4 is 15.4 Å². The number of unbranched alkanes of at least 4 members (excludes halogenated alkanes) is 1. The Morgan fingerprint density at radius 1 is 1.29 bits per heavy atom. The van der Waals surface area contributed by atoms with Crippen molar-refractivity contribution < 1.29 is 14.6 Å². The summed E-state index contributed by atoms with van der Waals surface area (Å²) >= 11 is 0. The van der Waals surface area contributed by atoms with E-state index in [9.17, 15) is 9.90 Å². The van der Waals surface area contributed by atoms with E-state index in [1.807, 2.05) is 24.3 Å². The molecular formula is C18H29N3O3. The van der Waals surface area contributed by atoms with Crippen molar-refractivity contribution in [1.82, 2.24) is 10.2 Å². The minimum absolute atomic E-state index is 0.161. The van der Waals surface area contributed by atoms with Crippen molar-refractivity contribution in [3.8, 4) is 5.75 Å². The third-order valence-corrected chi connectivity index (χ3v) is 4.15. The van der Waals surface area contributed by atoms with E-state index >= 15 is 0 Å². The lowest BCUT2D eigenvalue weighted by Gasteiger charge is -2.29. The van der Waals surface area contributed by atoms with E-state index in [2.05, 4.69) is 22.5 Å². The maximum Gasteiger partial charge on any atom is 0.319 e. The number of aliphatic hydroxyl groups is 1. The molecule has 0 radical (unpaired) electrons. The maximum atomic E-state index is 11.9. The van der Waals surface area contributed by atoms with Crippen LogP contribution in [0.4, 0.5) is 10.5 Å². The van der Waals surface area contributed by atoms with E-state index in [0.717, 1.165) is 63.4 Å². The second-order valence-corrected chi connectivity index (χ2v) is 6.18. The Bertz CT molecular complexity index is 485. The molecule has 0 spiro atoms. The summed E-state index contributed by atoms with van der Waals surface area (Å²) in [5.41, 5.74) is 0.747. The molecule has 1 fully saturated rings. The van der Waals surface area contributed by atoms with E-state index in [1.165, 1.54) is 0 Å². The van der Waals surface area contributed by atoms with E-state index in [-0.39, 0.29) is 12.1 Å². The van der Waals surface area contributed by atoms with Gasteiger partial charge in [-0.05, 0) is 43.5 Å². The summed E-state index contributed by atoms with van der Waals surface area (Å²) < 4.78 is 5.59. The second-order valence-electron chi connectivity index (χ2n) is 6.18. The van der Waals surface area contributed by atoms with Crippen LogP contribution in [0.2, 0.25) is 0 Å². The summed E-state index contributed by atoms with van der Waals surface area (Å²) in [5, 5.41) is 15.1. The summed E-state index contributed by atoms with van der Waals surface area (Å²) in [7, 11) is 0. The van der Waals surface area contributed by atoms with Crippen molar-refractivity contribution in [2.24, 2.45) is 0 Å².